The van der Waals surface area contributed by atoms with E-state index < -0.39 is 6.10 Å². The Morgan fingerprint density at radius 3 is 2.75 bits per heavy atom. The normalized spacial score (nSPS) is 16.5. The third-order valence-corrected chi connectivity index (χ3v) is 4.47. The maximum atomic E-state index is 10.6. The molecule has 1 aromatic carbocycles. The van der Waals surface area contributed by atoms with Crippen molar-refractivity contribution in [2.24, 2.45) is 0 Å². The van der Waals surface area contributed by atoms with Crippen molar-refractivity contribution in [3.05, 3.63) is 47.4 Å². The van der Waals surface area contributed by atoms with E-state index in [2.05, 4.69) is 5.32 Å². The first-order valence-corrected chi connectivity index (χ1v) is 8.01. The highest BCUT2D eigenvalue weighted by Crippen LogP contribution is 2.39. The summed E-state index contributed by atoms with van der Waals surface area (Å²) >= 11 is 5.46. The van der Waals surface area contributed by atoms with E-state index in [1.807, 2.05) is 29.2 Å². The van der Waals surface area contributed by atoms with Gasteiger partial charge in [0.1, 0.15) is 23.4 Å². The fourth-order valence-electron chi connectivity index (χ4n) is 2.92. The average molecular weight is 348 g/mol. The van der Waals surface area contributed by atoms with E-state index in [1.165, 1.54) is 0 Å². The minimum Gasteiger partial charge on any atom is -0.496 e. The van der Waals surface area contributed by atoms with E-state index >= 15 is 0 Å². The molecule has 2 heterocycles. The summed E-state index contributed by atoms with van der Waals surface area (Å²) in [5.74, 6) is 2.17. The van der Waals surface area contributed by atoms with Gasteiger partial charge in [0.2, 0.25) is 0 Å². The highest BCUT2D eigenvalue weighted by atomic mass is 32.1. The zero-order chi connectivity index (χ0) is 17.1. The number of ether oxygens (including phenoxy) is 2. The summed E-state index contributed by atoms with van der Waals surface area (Å²) in [6.07, 6.45) is 0.917. The van der Waals surface area contributed by atoms with Crippen LogP contribution in [0.25, 0.3) is 0 Å². The van der Waals surface area contributed by atoms with E-state index in [-0.39, 0.29) is 0 Å². The molecule has 2 N–H and O–H groups in total. The van der Waals surface area contributed by atoms with Gasteiger partial charge >= 0.3 is 0 Å². The van der Waals surface area contributed by atoms with Crippen molar-refractivity contribution in [2.45, 2.75) is 19.2 Å². The number of nitrogens with zero attached hydrogens (tertiary/aromatic N) is 1. The van der Waals surface area contributed by atoms with Crippen LogP contribution in [0.5, 0.6) is 11.5 Å². The highest BCUT2D eigenvalue weighted by molar-refractivity contribution is 7.80. The maximum absolute atomic E-state index is 10.6. The van der Waals surface area contributed by atoms with Crippen LogP contribution in [0.3, 0.4) is 0 Å². The first-order valence-electron chi connectivity index (χ1n) is 7.61. The molecule has 0 bridgehead atoms. The Kier molecular flexibility index (Phi) is 4.92. The number of hydrogen-bond acceptors (Lipinski definition) is 5. The number of methoxy groups -OCH3 is 2. The van der Waals surface area contributed by atoms with Crippen LogP contribution in [0.4, 0.5) is 0 Å². The molecule has 0 spiro atoms. The number of thiocarbonyl (C=S) groups is 1. The van der Waals surface area contributed by atoms with Crippen LogP contribution in [0.2, 0.25) is 0 Å². The second-order valence-electron chi connectivity index (χ2n) is 5.50. The van der Waals surface area contributed by atoms with Gasteiger partial charge in [0.25, 0.3) is 0 Å². The molecule has 1 aliphatic rings. The molecule has 2 aromatic rings. The molecule has 0 fully saturated rings. The Morgan fingerprint density at radius 2 is 2.08 bits per heavy atom. The number of nitrogens with one attached hydrogen (secondary N) is 1. The molecule has 1 aliphatic heterocycles. The molecule has 1 aromatic heterocycles. The Balaban J connectivity index is 1.79. The number of β-amino-alcohol motifs (C(OH)–C–C–N with tert-alkyl or cyclic N) is 1. The SMILES string of the molecule is COc1ccc(OC)c2c1CN(C(=S)NCc1ccco1)C[C@@H]2O. The second-order valence-corrected chi connectivity index (χ2v) is 5.88. The van der Waals surface area contributed by atoms with Crippen molar-refractivity contribution in [1.29, 1.82) is 0 Å². The maximum Gasteiger partial charge on any atom is 0.169 e. The van der Waals surface area contributed by atoms with Crippen molar-refractivity contribution >= 4 is 17.3 Å². The fourth-order valence-corrected chi connectivity index (χ4v) is 3.13. The van der Waals surface area contributed by atoms with Gasteiger partial charge in [-0.1, -0.05) is 0 Å². The van der Waals surface area contributed by atoms with Crippen LogP contribution >= 0.6 is 12.2 Å². The van der Waals surface area contributed by atoms with Crippen molar-refractivity contribution in [3.8, 4) is 11.5 Å². The van der Waals surface area contributed by atoms with Gasteiger partial charge in [0.05, 0.1) is 33.6 Å². The van der Waals surface area contributed by atoms with Gasteiger partial charge in [-0.05, 0) is 36.5 Å². The van der Waals surface area contributed by atoms with E-state index in [4.69, 9.17) is 26.1 Å². The molecular weight excluding hydrogens is 328 g/mol. The molecule has 6 nitrogen and oxygen atoms in total. The van der Waals surface area contributed by atoms with Crippen LogP contribution < -0.4 is 14.8 Å². The number of benzene rings is 1. The molecule has 0 saturated carbocycles. The van der Waals surface area contributed by atoms with Gasteiger partial charge in [-0.25, -0.2) is 0 Å². The lowest BCUT2D eigenvalue weighted by molar-refractivity contribution is 0.122. The van der Waals surface area contributed by atoms with Crippen LogP contribution in [0, 0.1) is 0 Å². The lowest BCUT2D eigenvalue weighted by atomic mass is 9.95. The molecule has 128 valence electrons. The van der Waals surface area contributed by atoms with Crippen LogP contribution in [-0.4, -0.2) is 35.9 Å². The Hall–Kier alpha value is -2.25. The number of rotatable bonds is 4. The Bertz CT molecular complexity index is 718. The van der Waals surface area contributed by atoms with Crippen LogP contribution in [-0.2, 0) is 13.1 Å². The number of aliphatic hydroxyl groups excluding tert-OH is 1. The standard InChI is InChI=1S/C17H20N2O4S/c1-21-14-5-6-15(22-2)16-12(14)9-19(10-13(16)20)17(24)18-8-11-4-3-7-23-11/h3-7,13,20H,8-10H2,1-2H3,(H,18,24)/t13-/m0/s1. The third-order valence-electron chi connectivity index (χ3n) is 4.07. The predicted molar refractivity (Wildman–Crippen MR) is 93.1 cm³/mol. The number of fused-ring (bicyclic) bond motifs is 1. The quantitative estimate of drug-likeness (QED) is 0.821. The van der Waals surface area contributed by atoms with E-state index in [0.29, 0.717) is 36.2 Å². The highest BCUT2D eigenvalue weighted by Gasteiger charge is 2.30. The minimum absolute atomic E-state index is 0.389. The van der Waals surface area contributed by atoms with Crippen LogP contribution in [0.1, 0.15) is 23.0 Å². The molecule has 0 amide bonds. The largest absolute Gasteiger partial charge is 0.496 e. The molecule has 24 heavy (non-hydrogen) atoms. The van der Waals surface area contributed by atoms with Gasteiger partial charge in [0, 0.05) is 17.7 Å². The molecule has 3 rings (SSSR count). The number of aliphatic hydroxyl groups is 1. The predicted octanol–water partition coefficient (Wildman–Crippen LogP) is 2.22. The summed E-state index contributed by atoms with van der Waals surface area (Å²) in [4.78, 5) is 1.91. The summed E-state index contributed by atoms with van der Waals surface area (Å²) in [5, 5.41) is 14.3. The number of hydrogen-bond donors (Lipinski definition) is 2. The van der Waals surface area contributed by atoms with Crippen LogP contribution in [0.15, 0.2) is 34.9 Å². The van der Waals surface area contributed by atoms with Crippen molar-refractivity contribution in [2.75, 3.05) is 20.8 Å². The topological polar surface area (TPSA) is 67.1 Å². The number of furan rings is 1. The first-order chi connectivity index (χ1) is 11.6. The third kappa shape index (κ3) is 3.18. The van der Waals surface area contributed by atoms with Gasteiger partial charge < -0.3 is 29.2 Å². The zero-order valence-electron chi connectivity index (χ0n) is 13.6. The monoisotopic (exact) mass is 348 g/mol. The molecule has 1 atom stereocenters. The summed E-state index contributed by atoms with van der Waals surface area (Å²) in [5.41, 5.74) is 1.65. The fraction of sp³-hybridized carbons (Fsp3) is 0.353. The van der Waals surface area contributed by atoms with Crippen molar-refractivity contribution < 1.29 is 19.0 Å². The zero-order valence-corrected chi connectivity index (χ0v) is 14.4. The van der Waals surface area contributed by atoms with Gasteiger partial charge in [-0.3, -0.25) is 0 Å². The van der Waals surface area contributed by atoms with E-state index in [9.17, 15) is 5.11 Å². The molecule has 0 aliphatic carbocycles. The van der Waals surface area contributed by atoms with Gasteiger partial charge in [-0.15, -0.1) is 0 Å². The first kappa shape index (κ1) is 16.6. The van der Waals surface area contributed by atoms with E-state index in [0.717, 1.165) is 16.9 Å². The lowest BCUT2D eigenvalue weighted by Gasteiger charge is -2.35. The Morgan fingerprint density at radius 1 is 1.33 bits per heavy atom. The Labute approximate surface area is 146 Å². The molecule has 0 radical (unpaired) electrons. The summed E-state index contributed by atoms with van der Waals surface area (Å²) in [6, 6.07) is 7.36. The smallest absolute Gasteiger partial charge is 0.169 e. The molecular formula is C17H20N2O4S. The summed E-state index contributed by atoms with van der Waals surface area (Å²) < 4.78 is 16.1. The lowest BCUT2D eigenvalue weighted by Crippen LogP contribution is -2.43. The summed E-state index contributed by atoms with van der Waals surface area (Å²) in [7, 11) is 3.21. The van der Waals surface area contributed by atoms with Crippen molar-refractivity contribution in [3.63, 3.8) is 0 Å². The molecule has 0 saturated heterocycles. The van der Waals surface area contributed by atoms with Gasteiger partial charge in [0.15, 0.2) is 5.11 Å². The average Bonchev–Trinajstić information content (AvgIpc) is 3.12. The van der Waals surface area contributed by atoms with Gasteiger partial charge in [-0.2, -0.15) is 0 Å². The summed E-state index contributed by atoms with van der Waals surface area (Å²) in [6.45, 7) is 1.43. The van der Waals surface area contributed by atoms with Crippen molar-refractivity contribution in [1.82, 2.24) is 10.2 Å². The minimum atomic E-state index is -0.706. The molecule has 7 heteroatoms. The second kappa shape index (κ2) is 7.11. The molecule has 0 unspecified atom stereocenters. The van der Waals surface area contributed by atoms with E-state index in [1.54, 1.807) is 20.5 Å².